The first kappa shape index (κ1) is 18.8. The zero-order valence-corrected chi connectivity index (χ0v) is 11.8. The maximum absolute atomic E-state index is 8.58. The summed E-state index contributed by atoms with van der Waals surface area (Å²) in [6.07, 6.45) is 12.8. The first-order chi connectivity index (χ1) is 8.22. The number of carbonyl (C=O) groups excluding carboxylic acids is 1. The molecule has 0 rings (SSSR count). The molecule has 0 spiro atoms. The van der Waals surface area contributed by atoms with E-state index in [1.165, 1.54) is 57.8 Å². The number of hydrogen-bond donors (Lipinski definition) is 2. The van der Waals surface area contributed by atoms with Crippen molar-refractivity contribution >= 4 is 6.41 Å². The summed E-state index contributed by atoms with van der Waals surface area (Å²) in [6.45, 7) is 5.45. The van der Waals surface area contributed by atoms with Crippen molar-refractivity contribution in [2.24, 2.45) is 17.4 Å². The van der Waals surface area contributed by atoms with E-state index in [0.717, 1.165) is 12.5 Å². The maximum Gasteiger partial charge on any atom is 0.204 e. The monoisotopic (exact) mass is 244 g/mol. The third kappa shape index (κ3) is 21.3. The van der Waals surface area contributed by atoms with E-state index in [2.05, 4.69) is 19.6 Å². The lowest BCUT2D eigenvalue weighted by molar-refractivity contribution is -0.106. The molecule has 0 aromatic rings. The van der Waals surface area contributed by atoms with Crippen molar-refractivity contribution in [3.05, 3.63) is 0 Å². The fourth-order valence-electron chi connectivity index (χ4n) is 1.88. The van der Waals surface area contributed by atoms with Crippen LogP contribution in [0.15, 0.2) is 0 Å². The average Bonchev–Trinajstić information content (AvgIpc) is 2.29. The molecule has 0 saturated heterocycles. The lowest BCUT2D eigenvalue weighted by Gasteiger charge is -2.08. The van der Waals surface area contributed by atoms with Crippen molar-refractivity contribution < 1.29 is 4.79 Å². The van der Waals surface area contributed by atoms with Gasteiger partial charge in [-0.1, -0.05) is 65.2 Å². The highest BCUT2D eigenvalue weighted by Gasteiger charge is 1.99. The number of primary amides is 1. The van der Waals surface area contributed by atoms with Gasteiger partial charge in [-0.05, 0) is 18.9 Å². The topological polar surface area (TPSA) is 69.1 Å². The lowest BCUT2D eigenvalue weighted by atomic mass is 9.99. The molecular weight excluding hydrogens is 212 g/mol. The molecule has 0 aliphatic heterocycles. The van der Waals surface area contributed by atoms with Crippen molar-refractivity contribution in [2.45, 2.75) is 71.6 Å². The molecule has 0 fully saturated rings. The van der Waals surface area contributed by atoms with Crippen molar-refractivity contribution in [1.82, 2.24) is 0 Å². The molecule has 0 bridgehead atoms. The van der Waals surface area contributed by atoms with Crippen LogP contribution in [0.1, 0.15) is 71.6 Å². The van der Waals surface area contributed by atoms with Gasteiger partial charge in [0, 0.05) is 0 Å². The molecule has 1 atom stereocenters. The number of hydrogen-bond acceptors (Lipinski definition) is 2. The Bertz CT molecular complexity index is 140. The second kappa shape index (κ2) is 17.8. The van der Waals surface area contributed by atoms with Gasteiger partial charge in [0.05, 0.1) is 0 Å². The quantitative estimate of drug-likeness (QED) is 0.457. The van der Waals surface area contributed by atoms with E-state index in [9.17, 15) is 0 Å². The predicted molar refractivity (Wildman–Crippen MR) is 75.7 cm³/mol. The Morgan fingerprint density at radius 3 is 1.94 bits per heavy atom. The van der Waals surface area contributed by atoms with Crippen LogP contribution in [0.5, 0.6) is 0 Å². The molecule has 0 aliphatic rings. The molecule has 104 valence electrons. The van der Waals surface area contributed by atoms with Crippen LogP contribution in [0.25, 0.3) is 0 Å². The summed E-state index contributed by atoms with van der Waals surface area (Å²) in [6, 6.07) is 0. The molecule has 0 radical (unpaired) electrons. The SMILES string of the molecule is CCCCCCCCCC(C)CCN.NC=O. The Labute approximate surface area is 107 Å². The Hall–Kier alpha value is -0.570. The Morgan fingerprint density at radius 1 is 1.00 bits per heavy atom. The predicted octanol–water partition coefficient (Wildman–Crippen LogP) is 3.21. The molecule has 0 aromatic heterocycles. The van der Waals surface area contributed by atoms with Crippen LogP contribution in [0.3, 0.4) is 0 Å². The molecule has 1 amide bonds. The van der Waals surface area contributed by atoms with E-state index in [1.54, 1.807) is 0 Å². The highest BCUT2D eigenvalue weighted by molar-refractivity contribution is 5.42. The smallest absolute Gasteiger partial charge is 0.204 e. The van der Waals surface area contributed by atoms with Crippen LogP contribution >= 0.6 is 0 Å². The summed E-state index contributed by atoms with van der Waals surface area (Å²) in [7, 11) is 0. The molecule has 0 aromatic carbocycles. The van der Waals surface area contributed by atoms with Gasteiger partial charge in [-0.15, -0.1) is 0 Å². The van der Waals surface area contributed by atoms with Crippen LogP contribution < -0.4 is 11.5 Å². The van der Waals surface area contributed by atoms with E-state index in [0.29, 0.717) is 0 Å². The van der Waals surface area contributed by atoms with Gasteiger partial charge in [0.2, 0.25) is 6.41 Å². The summed E-state index contributed by atoms with van der Waals surface area (Å²) in [5.41, 5.74) is 9.68. The minimum absolute atomic E-state index is 0.250. The normalized spacial score (nSPS) is 11.5. The van der Waals surface area contributed by atoms with Gasteiger partial charge in [0.25, 0.3) is 0 Å². The van der Waals surface area contributed by atoms with Gasteiger partial charge in [0.15, 0.2) is 0 Å². The van der Waals surface area contributed by atoms with Crippen molar-refractivity contribution in [2.75, 3.05) is 6.54 Å². The number of unbranched alkanes of at least 4 members (excludes halogenated alkanes) is 6. The summed E-state index contributed by atoms with van der Waals surface area (Å²) in [5, 5.41) is 0. The first-order valence-corrected chi connectivity index (χ1v) is 7.08. The van der Waals surface area contributed by atoms with Gasteiger partial charge >= 0.3 is 0 Å². The van der Waals surface area contributed by atoms with Gasteiger partial charge < -0.3 is 11.5 Å². The fraction of sp³-hybridized carbons (Fsp3) is 0.929. The van der Waals surface area contributed by atoms with E-state index in [1.807, 2.05) is 0 Å². The first-order valence-electron chi connectivity index (χ1n) is 7.08. The second-order valence-corrected chi connectivity index (χ2v) is 4.73. The van der Waals surface area contributed by atoms with Crippen molar-refractivity contribution in [3.8, 4) is 0 Å². The van der Waals surface area contributed by atoms with E-state index >= 15 is 0 Å². The summed E-state index contributed by atoms with van der Waals surface area (Å²) >= 11 is 0. The number of carbonyl (C=O) groups is 1. The summed E-state index contributed by atoms with van der Waals surface area (Å²) < 4.78 is 0. The minimum Gasteiger partial charge on any atom is -0.372 e. The lowest BCUT2D eigenvalue weighted by Crippen LogP contribution is -2.05. The van der Waals surface area contributed by atoms with Gasteiger partial charge in [-0.2, -0.15) is 0 Å². The van der Waals surface area contributed by atoms with Gasteiger partial charge in [-0.25, -0.2) is 0 Å². The van der Waals surface area contributed by atoms with Crippen molar-refractivity contribution in [1.29, 1.82) is 0 Å². The molecular formula is C14H32N2O. The van der Waals surface area contributed by atoms with Crippen LogP contribution in [0.4, 0.5) is 0 Å². The van der Waals surface area contributed by atoms with Crippen molar-refractivity contribution in [3.63, 3.8) is 0 Å². The molecule has 3 nitrogen and oxygen atoms in total. The number of rotatable bonds is 10. The molecule has 0 saturated carbocycles. The zero-order valence-electron chi connectivity index (χ0n) is 11.8. The zero-order chi connectivity index (χ0) is 13.4. The highest BCUT2D eigenvalue weighted by atomic mass is 16.1. The fourth-order valence-corrected chi connectivity index (χ4v) is 1.88. The van der Waals surface area contributed by atoms with Crippen LogP contribution in [0.2, 0.25) is 0 Å². The largest absolute Gasteiger partial charge is 0.372 e. The van der Waals surface area contributed by atoms with Crippen LogP contribution in [-0.4, -0.2) is 13.0 Å². The molecule has 17 heavy (non-hydrogen) atoms. The molecule has 0 heterocycles. The van der Waals surface area contributed by atoms with E-state index < -0.39 is 0 Å². The number of nitrogens with two attached hydrogens (primary N) is 2. The van der Waals surface area contributed by atoms with Gasteiger partial charge in [-0.3, -0.25) is 4.79 Å². The van der Waals surface area contributed by atoms with Gasteiger partial charge in [0.1, 0.15) is 0 Å². The molecule has 4 N–H and O–H groups in total. The molecule has 3 heteroatoms. The van der Waals surface area contributed by atoms with Crippen LogP contribution in [-0.2, 0) is 4.79 Å². The van der Waals surface area contributed by atoms with E-state index in [-0.39, 0.29) is 6.41 Å². The molecule has 1 unspecified atom stereocenters. The third-order valence-corrected chi connectivity index (χ3v) is 2.96. The molecule has 0 aliphatic carbocycles. The minimum atomic E-state index is 0.250. The summed E-state index contributed by atoms with van der Waals surface area (Å²) in [5.74, 6) is 0.843. The second-order valence-electron chi connectivity index (χ2n) is 4.73. The maximum atomic E-state index is 8.58. The standard InChI is InChI=1S/C13H29N.CH3NO/c1-3-4-5-6-7-8-9-10-13(2)11-12-14;2-1-3/h13H,3-12,14H2,1-2H3;1H,(H2,2,3). The van der Waals surface area contributed by atoms with E-state index in [4.69, 9.17) is 10.5 Å². The highest BCUT2D eigenvalue weighted by Crippen LogP contribution is 2.14. The third-order valence-electron chi connectivity index (χ3n) is 2.96. The van der Waals surface area contributed by atoms with Crippen LogP contribution in [0, 0.1) is 5.92 Å². The Kier molecular flexibility index (Phi) is 19.7. The average molecular weight is 244 g/mol. The Balaban J connectivity index is 0. The Morgan fingerprint density at radius 2 is 1.47 bits per heavy atom. The summed E-state index contributed by atoms with van der Waals surface area (Å²) in [4.78, 5) is 8.58. The number of amides is 1.